The zero-order valence-corrected chi connectivity index (χ0v) is 7.98. The zero-order valence-electron chi connectivity index (χ0n) is 7.16. The Morgan fingerprint density at radius 2 is 2.00 bits per heavy atom. The van der Waals surface area contributed by atoms with Crippen LogP contribution in [0.5, 0.6) is 0 Å². The molecule has 1 atom stereocenters. The van der Waals surface area contributed by atoms with Crippen LogP contribution in [0.1, 0.15) is 5.56 Å². The maximum absolute atomic E-state index is 12.3. The van der Waals surface area contributed by atoms with Crippen molar-refractivity contribution in [2.75, 3.05) is 12.9 Å². The Bertz CT molecular complexity index is 206. The average molecular weight is 184 g/mol. The van der Waals surface area contributed by atoms with Crippen molar-refractivity contribution >= 4 is 11.8 Å². The fraction of sp³-hybridized carbons (Fsp3) is 0.400. The topological polar surface area (TPSA) is 0 Å². The molecular weight excluding hydrogens is 171 g/mol. The number of halogens is 1. The predicted molar refractivity (Wildman–Crippen MR) is 53.4 cm³/mol. The molecule has 0 saturated carbocycles. The van der Waals surface area contributed by atoms with E-state index in [0.717, 1.165) is 6.42 Å². The van der Waals surface area contributed by atoms with Crippen molar-refractivity contribution in [1.29, 1.82) is 0 Å². The summed E-state index contributed by atoms with van der Waals surface area (Å²) in [6.07, 6.45) is 2.78. The number of rotatable bonds is 4. The zero-order chi connectivity index (χ0) is 8.81. The van der Waals surface area contributed by atoms with Crippen LogP contribution in [-0.4, -0.2) is 18.2 Å². The Morgan fingerprint density at radius 1 is 1.33 bits per heavy atom. The first-order valence-electron chi connectivity index (χ1n) is 3.99. The van der Waals surface area contributed by atoms with Crippen molar-refractivity contribution in [2.45, 2.75) is 11.7 Å². The fourth-order valence-corrected chi connectivity index (χ4v) is 1.56. The molecule has 0 bridgehead atoms. The van der Waals surface area contributed by atoms with Gasteiger partial charge in [0, 0.05) is 5.25 Å². The summed E-state index contributed by atoms with van der Waals surface area (Å²) in [4.78, 5) is 0. The van der Waals surface area contributed by atoms with Gasteiger partial charge in [-0.2, -0.15) is 11.8 Å². The Balaban J connectivity index is 2.51. The largest absolute Gasteiger partial charge is 0.250 e. The Morgan fingerprint density at radius 3 is 2.50 bits per heavy atom. The van der Waals surface area contributed by atoms with Crippen LogP contribution in [0.25, 0.3) is 0 Å². The van der Waals surface area contributed by atoms with Gasteiger partial charge in [-0.3, -0.25) is 0 Å². The van der Waals surface area contributed by atoms with Gasteiger partial charge in [-0.1, -0.05) is 30.3 Å². The molecule has 0 nitrogen and oxygen atoms in total. The minimum Gasteiger partial charge on any atom is -0.250 e. The monoisotopic (exact) mass is 184 g/mol. The lowest BCUT2D eigenvalue weighted by Crippen LogP contribution is -2.08. The molecule has 0 aliphatic rings. The van der Waals surface area contributed by atoms with Gasteiger partial charge in [0.05, 0.1) is 0 Å². The number of alkyl halides is 1. The third kappa shape index (κ3) is 2.86. The van der Waals surface area contributed by atoms with Crippen LogP contribution in [0.4, 0.5) is 4.39 Å². The molecule has 0 fully saturated rings. The van der Waals surface area contributed by atoms with E-state index in [1.165, 1.54) is 5.56 Å². The van der Waals surface area contributed by atoms with Crippen molar-refractivity contribution < 1.29 is 4.39 Å². The summed E-state index contributed by atoms with van der Waals surface area (Å²) >= 11 is 1.59. The Labute approximate surface area is 77.2 Å². The number of hydrogen-bond donors (Lipinski definition) is 0. The van der Waals surface area contributed by atoms with Gasteiger partial charge in [0.2, 0.25) is 0 Å². The molecule has 0 aliphatic heterocycles. The summed E-state index contributed by atoms with van der Waals surface area (Å²) in [5.41, 5.74) is 1.22. The van der Waals surface area contributed by atoms with E-state index >= 15 is 0 Å². The molecule has 12 heavy (non-hydrogen) atoms. The molecule has 1 aromatic rings. The molecule has 2 heteroatoms. The second kappa shape index (κ2) is 5.20. The molecule has 1 aromatic carbocycles. The van der Waals surface area contributed by atoms with Gasteiger partial charge in [-0.05, 0) is 18.2 Å². The average Bonchev–Trinajstić information content (AvgIpc) is 2.16. The third-order valence-electron chi connectivity index (χ3n) is 1.81. The Kier molecular flexibility index (Phi) is 4.15. The summed E-state index contributed by atoms with van der Waals surface area (Å²) in [5, 5.41) is 0.118. The van der Waals surface area contributed by atoms with Crippen molar-refractivity contribution in [3.63, 3.8) is 0 Å². The first kappa shape index (κ1) is 9.59. The summed E-state index contributed by atoms with van der Waals surface area (Å²) in [7, 11) is 0. The van der Waals surface area contributed by atoms with Crippen LogP contribution in [0.2, 0.25) is 0 Å². The standard InChI is InChI=1S/C10H13FS/c1-12-10(8-11)7-9-5-3-2-4-6-9/h2-6,10H,7-8H2,1H3. The smallest absolute Gasteiger partial charge is 0.102 e. The highest BCUT2D eigenvalue weighted by atomic mass is 32.2. The Hall–Kier alpha value is -0.500. The second-order valence-electron chi connectivity index (χ2n) is 2.70. The summed E-state index contributed by atoms with van der Waals surface area (Å²) in [6, 6.07) is 10.0. The van der Waals surface area contributed by atoms with E-state index in [4.69, 9.17) is 0 Å². The second-order valence-corrected chi connectivity index (χ2v) is 3.84. The van der Waals surface area contributed by atoms with E-state index in [1.54, 1.807) is 11.8 Å². The van der Waals surface area contributed by atoms with Gasteiger partial charge in [0.15, 0.2) is 0 Å². The van der Waals surface area contributed by atoms with Crippen LogP contribution in [-0.2, 0) is 6.42 Å². The fourth-order valence-electron chi connectivity index (χ4n) is 1.08. The molecule has 0 spiro atoms. The minimum atomic E-state index is -0.240. The molecule has 1 unspecified atom stereocenters. The van der Waals surface area contributed by atoms with Crippen LogP contribution in [0.15, 0.2) is 30.3 Å². The van der Waals surface area contributed by atoms with Crippen molar-refractivity contribution in [3.05, 3.63) is 35.9 Å². The molecule has 0 aromatic heterocycles. The van der Waals surface area contributed by atoms with Gasteiger partial charge in [0.25, 0.3) is 0 Å². The van der Waals surface area contributed by atoms with Gasteiger partial charge >= 0.3 is 0 Å². The maximum Gasteiger partial charge on any atom is 0.102 e. The quantitative estimate of drug-likeness (QED) is 0.693. The summed E-state index contributed by atoms with van der Waals surface area (Å²) in [6.45, 7) is -0.240. The highest BCUT2D eigenvalue weighted by Crippen LogP contribution is 2.13. The molecular formula is C10H13FS. The molecule has 1 rings (SSSR count). The summed E-state index contributed by atoms with van der Waals surface area (Å²) < 4.78 is 12.3. The van der Waals surface area contributed by atoms with Crippen molar-refractivity contribution in [1.82, 2.24) is 0 Å². The van der Waals surface area contributed by atoms with Crippen LogP contribution < -0.4 is 0 Å². The molecule has 66 valence electrons. The highest BCUT2D eigenvalue weighted by molar-refractivity contribution is 7.99. The maximum atomic E-state index is 12.3. The highest BCUT2D eigenvalue weighted by Gasteiger charge is 2.06. The van der Waals surface area contributed by atoms with Crippen LogP contribution >= 0.6 is 11.8 Å². The molecule has 0 amide bonds. The van der Waals surface area contributed by atoms with Gasteiger partial charge < -0.3 is 0 Å². The lowest BCUT2D eigenvalue weighted by Gasteiger charge is -2.08. The van der Waals surface area contributed by atoms with E-state index in [1.807, 2.05) is 36.6 Å². The lowest BCUT2D eigenvalue weighted by molar-refractivity contribution is 0.482. The van der Waals surface area contributed by atoms with Gasteiger partial charge in [0.1, 0.15) is 6.67 Å². The predicted octanol–water partition coefficient (Wildman–Crippen LogP) is 2.93. The molecule has 0 saturated heterocycles. The van der Waals surface area contributed by atoms with Crippen molar-refractivity contribution in [2.24, 2.45) is 0 Å². The number of thioether (sulfide) groups is 1. The van der Waals surface area contributed by atoms with Crippen LogP contribution in [0, 0.1) is 0 Å². The van der Waals surface area contributed by atoms with Gasteiger partial charge in [-0.25, -0.2) is 4.39 Å². The van der Waals surface area contributed by atoms with Gasteiger partial charge in [-0.15, -0.1) is 0 Å². The first-order chi connectivity index (χ1) is 5.86. The lowest BCUT2D eigenvalue weighted by atomic mass is 10.1. The van der Waals surface area contributed by atoms with E-state index in [0.29, 0.717) is 0 Å². The summed E-state index contributed by atoms with van der Waals surface area (Å²) in [5.74, 6) is 0. The molecule has 0 N–H and O–H groups in total. The van der Waals surface area contributed by atoms with E-state index in [2.05, 4.69) is 0 Å². The van der Waals surface area contributed by atoms with E-state index in [-0.39, 0.29) is 11.9 Å². The van der Waals surface area contributed by atoms with E-state index < -0.39 is 0 Å². The number of benzene rings is 1. The molecule has 0 aliphatic carbocycles. The molecule has 0 radical (unpaired) electrons. The minimum absolute atomic E-state index is 0.118. The van der Waals surface area contributed by atoms with Crippen LogP contribution in [0.3, 0.4) is 0 Å². The first-order valence-corrected chi connectivity index (χ1v) is 5.28. The van der Waals surface area contributed by atoms with E-state index in [9.17, 15) is 4.39 Å². The SMILES string of the molecule is CSC(CF)Cc1ccccc1. The normalized spacial score (nSPS) is 12.8. The number of hydrogen-bond acceptors (Lipinski definition) is 1. The third-order valence-corrected chi connectivity index (χ3v) is 2.77. The molecule has 0 heterocycles. The van der Waals surface area contributed by atoms with Crippen molar-refractivity contribution in [3.8, 4) is 0 Å².